The number of aryl methyl sites for hydroxylation is 1. The second-order valence-electron chi connectivity index (χ2n) is 3.58. The first-order chi connectivity index (χ1) is 7.00. The maximum Gasteiger partial charge on any atom is 0.308 e. The Morgan fingerprint density at radius 2 is 2.33 bits per heavy atom. The van der Waals surface area contributed by atoms with Crippen LogP contribution in [0, 0.1) is 12.8 Å². The fraction of sp³-hybridized carbons (Fsp3) is 0.500. The van der Waals surface area contributed by atoms with Gasteiger partial charge in [0.05, 0.1) is 5.92 Å². The molecule has 0 bridgehead atoms. The van der Waals surface area contributed by atoms with E-state index in [2.05, 4.69) is 9.97 Å². The molecular weight excluding hydrogens is 194 g/mol. The third-order valence-electron chi connectivity index (χ3n) is 2.12. The molecule has 0 aliphatic carbocycles. The van der Waals surface area contributed by atoms with Gasteiger partial charge in [-0.15, -0.1) is 0 Å². The number of rotatable bonds is 4. The number of nitrogens with zero attached hydrogens (tertiary/aromatic N) is 3. The summed E-state index contributed by atoms with van der Waals surface area (Å²) >= 11 is 0. The lowest BCUT2D eigenvalue weighted by molar-refractivity contribution is -0.140. The Morgan fingerprint density at radius 1 is 1.67 bits per heavy atom. The predicted molar refractivity (Wildman–Crippen MR) is 56.8 cm³/mol. The molecule has 1 rings (SSSR count). The van der Waals surface area contributed by atoms with Crippen molar-refractivity contribution < 1.29 is 9.90 Å². The van der Waals surface area contributed by atoms with Crippen LogP contribution in [0.3, 0.4) is 0 Å². The van der Waals surface area contributed by atoms with Crippen molar-refractivity contribution in [3.8, 4) is 0 Å². The van der Waals surface area contributed by atoms with Gasteiger partial charge in [-0.2, -0.15) is 0 Å². The van der Waals surface area contributed by atoms with Crippen LogP contribution in [0.2, 0.25) is 0 Å². The molecule has 1 atom stereocenters. The summed E-state index contributed by atoms with van der Waals surface area (Å²) in [6.45, 7) is 3.91. The summed E-state index contributed by atoms with van der Waals surface area (Å²) in [4.78, 5) is 20.7. The van der Waals surface area contributed by atoms with Crippen molar-refractivity contribution in [1.29, 1.82) is 0 Å². The highest BCUT2D eigenvalue weighted by atomic mass is 16.4. The van der Waals surface area contributed by atoms with Crippen molar-refractivity contribution in [2.45, 2.75) is 13.8 Å². The molecule has 0 aliphatic heterocycles. The quantitative estimate of drug-likeness (QED) is 0.799. The molecule has 0 amide bonds. The van der Waals surface area contributed by atoms with Crippen molar-refractivity contribution in [1.82, 2.24) is 9.97 Å². The lowest BCUT2D eigenvalue weighted by Crippen LogP contribution is -2.29. The van der Waals surface area contributed by atoms with Crippen LogP contribution >= 0.6 is 0 Å². The van der Waals surface area contributed by atoms with Gasteiger partial charge in [-0.1, -0.05) is 6.92 Å². The zero-order valence-corrected chi connectivity index (χ0v) is 9.14. The number of hydrogen-bond donors (Lipinski definition) is 1. The van der Waals surface area contributed by atoms with E-state index in [4.69, 9.17) is 5.11 Å². The zero-order chi connectivity index (χ0) is 11.4. The van der Waals surface area contributed by atoms with E-state index in [1.54, 1.807) is 26.1 Å². The molecule has 0 radical (unpaired) electrons. The van der Waals surface area contributed by atoms with Crippen LogP contribution in [0.25, 0.3) is 0 Å². The number of aromatic nitrogens is 2. The van der Waals surface area contributed by atoms with E-state index >= 15 is 0 Å². The van der Waals surface area contributed by atoms with Gasteiger partial charge in [0.2, 0.25) is 0 Å². The Labute approximate surface area is 88.8 Å². The van der Waals surface area contributed by atoms with Gasteiger partial charge in [-0.3, -0.25) is 4.79 Å². The third-order valence-corrected chi connectivity index (χ3v) is 2.12. The standard InChI is InChI=1S/C10H15N3O2/c1-7(10(14)15)6-13(3)9-4-5-11-8(2)12-9/h4-5,7H,6H2,1-3H3,(H,14,15)/t7-/m0/s1. The van der Waals surface area contributed by atoms with Crippen molar-refractivity contribution in [2.75, 3.05) is 18.5 Å². The molecule has 1 aromatic rings. The van der Waals surface area contributed by atoms with Gasteiger partial charge in [0.25, 0.3) is 0 Å². The van der Waals surface area contributed by atoms with Crippen LogP contribution in [-0.2, 0) is 4.79 Å². The highest BCUT2D eigenvalue weighted by Gasteiger charge is 2.14. The highest BCUT2D eigenvalue weighted by Crippen LogP contribution is 2.09. The van der Waals surface area contributed by atoms with Gasteiger partial charge >= 0.3 is 5.97 Å². The molecule has 1 heterocycles. The summed E-state index contributed by atoms with van der Waals surface area (Å²) in [6, 6.07) is 1.77. The van der Waals surface area contributed by atoms with E-state index in [9.17, 15) is 4.79 Å². The highest BCUT2D eigenvalue weighted by molar-refractivity contribution is 5.70. The van der Waals surface area contributed by atoms with Gasteiger partial charge in [0.15, 0.2) is 0 Å². The first-order valence-corrected chi connectivity index (χ1v) is 4.74. The molecule has 0 aromatic carbocycles. The van der Waals surface area contributed by atoms with Crippen LogP contribution < -0.4 is 4.90 Å². The minimum Gasteiger partial charge on any atom is -0.481 e. The van der Waals surface area contributed by atoms with Crippen molar-refractivity contribution >= 4 is 11.8 Å². The van der Waals surface area contributed by atoms with Gasteiger partial charge in [-0.25, -0.2) is 9.97 Å². The largest absolute Gasteiger partial charge is 0.481 e. The van der Waals surface area contributed by atoms with Gasteiger partial charge in [-0.05, 0) is 13.0 Å². The van der Waals surface area contributed by atoms with Crippen LogP contribution in [0.5, 0.6) is 0 Å². The number of carboxylic acid groups (broad SMARTS) is 1. The fourth-order valence-corrected chi connectivity index (χ4v) is 1.24. The summed E-state index contributed by atoms with van der Waals surface area (Å²) in [6.07, 6.45) is 1.67. The third kappa shape index (κ3) is 3.19. The Balaban J connectivity index is 2.68. The van der Waals surface area contributed by atoms with Gasteiger partial charge < -0.3 is 10.0 Å². The minimum absolute atomic E-state index is 0.412. The topological polar surface area (TPSA) is 66.3 Å². The molecule has 0 fully saturated rings. The molecular formula is C10H15N3O2. The second kappa shape index (κ2) is 4.72. The van der Waals surface area contributed by atoms with Crippen molar-refractivity contribution in [3.05, 3.63) is 18.1 Å². The van der Waals surface area contributed by atoms with Gasteiger partial charge in [0.1, 0.15) is 11.6 Å². The van der Waals surface area contributed by atoms with Crippen LogP contribution in [0.1, 0.15) is 12.7 Å². The number of carbonyl (C=O) groups is 1. The Kier molecular flexibility index (Phi) is 3.60. The van der Waals surface area contributed by atoms with Crippen LogP contribution in [0.4, 0.5) is 5.82 Å². The fourth-order valence-electron chi connectivity index (χ4n) is 1.24. The number of carboxylic acids is 1. The molecule has 0 spiro atoms. The van der Waals surface area contributed by atoms with E-state index in [0.29, 0.717) is 12.4 Å². The predicted octanol–water partition coefficient (Wildman–Crippen LogP) is 0.942. The second-order valence-corrected chi connectivity index (χ2v) is 3.58. The molecule has 0 saturated carbocycles. The molecule has 15 heavy (non-hydrogen) atoms. The summed E-state index contributed by atoms with van der Waals surface area (Å²) in [7, 11) is 1.82. The van der Waals surface area contributed by atoms with Crippen molar-refractivity contribution in [2.24, 2.45) is 5.92 Å². The Bertz CT molecular complexity index is 354. The van der Waals surface area contributed by atoms with Crippen LogP contribution in [-0.4, -0.2) is 34.6 Å². The van der Waals surface area contributed by atoms with E-state index < -0.39 is 11.9 Å². The molecule has 5 nitrogen and oxygen atoms in total. The van der Waals surface area contributed by atoms with Gasteiger partial charge in [0, 0.05) is 19.8 Å². The number of aliphatic carboxylic acids is 1. The summed E-state index contributed by atoms with van der Waals surface area (Å²) in [5, 5.41) is 8.77. The summed E-state index contributed by atoms with van der Waals surface area (Å²) in [5.74, 6) is 0.218. The number of anilines is 1. The maximum absolute atomic E-state index is 10.7. The molecule has 0 saturated heterocycles. The van der Waals surface area contributed by atoms with Crippen molar-refractivity contribution in [3.63, 3.8) is 0 Å². The number of hydrogen-bond acceptors (Lipinski definition) is 4. The van der Waals surface area contributed by atoms with E-state index in [-0.39, 0.29) is 0 Å². The Morgan fingerprint density at radius 3 is 2.87 bits per heavy atom. The first kappa shape index (κ1) is 11.4. The normalized spacial score (nSPS) is 12.2. The average molecular weight is 209 g/mol. The first-order valence-electron chi connectivity index (χ1n) is 4.74. The molecule has 5 heteroatoms. The minimum atomic E-state index is -0.798. The molecule has 82 valence electrons. The monoisotopic (exact) mass is 209 g/mol. The molecule has 0 unspecified atom stereocenters. The smallest absolute Gasteiger partial charge is 0.308 e. The zero-order valence-electron chi connectivity index (χ0n) is 9.14. The van der Waals surface area contributed by atoms with E-state index in [0.717, 1.165) is 5.82 Å². The molecule has 1 aromatic heterocycles. The lowest BCUT2D eigenvalue weighted by Gasteiger charge is -2.20. The summed E-state index contributed by atoms with van der Waals surface area (Å²) in [5.41, 5.74) is 0. The average Bonchev–Trinajstić information content (AvgIpc) is 2.17. The lowest BCUT2D eigenvalue weighted by atomic mass is 10.2. The molecule has 0 aliphatic rings. The maximum atomic E-state index is 10.7. The van der Waals surface area contributed by atoms with E-state index in [1.807, 2.05) is 11.9 Å². The van der Waals surface area contributed by atoms with E-state index in [1.165, 1.54) is 0 Å². The summed E-state index contributed by atoms with van der Waals surface area (Å²) < 4.78 is 0. The SMILES string of the molecule is Cc1nccc(N(C)C[C@H](C)C(=O)O)n1. The van der Waals surface area contributed by atoms with Crippen LogP contribution in [0.15, 0.2) is 12.3 Å². The Hall–Kier alpha value is -1.65. The molecule has 1 N–H and O–H groups in total.